The van der Waals surface area contributed by atoms with Gasteiger partial charge in [-0.05, 0) is 33.7 Å². The Labute approximate surface area is 82.8 Å². The molecule has 0 radical (unpaired) electrons. The van der Waals surface area contributed by atoms with Crippen LogP contribution in [0.4, 0.5) is 0 Å². The molecule has 0 spiro atoms. The highest BCUT2D eigenvalue weighted by Gasteiger charge is 1.95. The number of fused-ring (bicyclic) bond motifs is 2. The second kappa shape index (κ2) is 2.85. The van der Waals surface area contributed by atoms with Crippen molar-refractivity contribution in [1.29, 1.82) is 0 Å². The SMILES string of the molecule is c1ccc2[13cH][13c]3[13cH][13cH][13cH][13cH]c3cc2c1. The quantitative estimate of drug-likeness (QED) is 0.463. The van der Waals surface area contributed by atoms with Gasteiger partial charge in [-0.2, -0.15) is 0 Å². The first-order chi connectivity index (χ1) is 6.93. The molecule has 14 heavy (non-hydrogen) atoms. The number of rotatable bonds is 0. The third-order valence-corrected chi connectivity index (χ3v) is 2.61. The second-order valence-corrected chi connectivity index (χ2v) is 3.55. The summed E-state index contributed by atoms with van der Waals surface area (Å²) in [5.74, 6) is 0. The summed E-state index contributed by atoms with van der Waals surface area (Å²) in [5, 5.41) is 5.25. The Kier molecular flexibility index (Phi) is 1.54. The van der Waals surface area contributed by atoms with Gasteiger partial charge < -0.3 is 0 Å². The van der Waals surface area contributed by atoms with Crippen LogP contribution in [0.5, 0.6) is 0 Å². The van der Waals surface area contributed by atoms with E-state index in [0.717, 1.165) is 0 Å². The van der Waals surface area contributed by atoms with E-state index in [9.17, 15) is 0 Å². The Morgan fingerprint density at radius 3 is 1.00 bits per heavy atom. The molecule has 0 nitrogen and oxygen atoms in total. The molecule has 0 N–H and O–H groups in total. The summed E-state index contributed by atoms with van der Waals surface area (Å²) in [6.07, 6.45) is 0. The number of hydrogen-bond donors (Lipinski definition) is 0. The van der Waals surface area contributed by atoms with Crippen LogP contribution in [0.3, 0.4) is 0 Å². The van der Waals surface area contributed by atoms with Gasteiger partial charge >= 0.3 is 0 Å². The van der Waals surface area contributed by atoms with Crippen LogP contribution < -0.4 is 0 Å². The van der Waals surface area contributed by atoms with Crippen LogP contribution in [0.1, 0.15) is 0 Å². The third kappa shape index (κ3) is 1.08. The van der Waals surface area contributed by atoms with Gasteiger partial charge in [0.25, 0.3) is 0 Å². The van der Waals surface area contributed by atoms with E-state index in [1.54, 1.807) is 0 Å². The van der Waals surface area contributed by atoms with Crippen LogP contribution in [-0.4, -0.2) is 0 Å². The van der Waals surface area contributed by atoms with Crippen LogP contribution >= 0.6 is 0 Å². The van der Waals surface area contributed by atoms with E-state index in [-0.39, 0.29) is 0 Å². The second-order valence-electron chi connectivity index (χ2n) is 3.55. The highest BCUT2D eigenvalue weighted by molar-refractivity contribution is 5.97. The maximum absolute atomic E-state index is 2.24. The van der Waals surface area contributed by atoms with Gasteiger partial charge in [-0.1, -0.05) is 48.5 Å². The van der Waals surface area contributed by atoms with Crippen molar-refractivity contribution in [1.82, 2.24) is 0 Å². The highest BCUT2D eigenvalue weighted by atomic mass is 14.7. The van der Waals surface area contributed by atoms with Crippen LogP contribution in [0.15, 0.2) is 60.7 Å². The lowest BCUT2D eigenvalue weighted by atomic mass is 10.2. The molecule has 0 aliphatic carbocycles. The van der Waals surface area contributed by atoms with E-state index in [2.05, 4.69) is 60.7 Å². The molecule has 0 saturated carbocycles. The van der Waals surface area contributed by atoms with E-state index in [0.29, 0.717) is 0 Å². The summed E-state index contributed by atoms with van der Waals surface area (Å²) < 4.78 is 0. The molecule has 0 aromatic heterocycles. The van der Waals surface area contributed by atoms with Crippen molar-refractivity contribution in [2.24, 2.45) is 0 Å². The molecule has 0 amide bonds. The Bertz CT molecular complexity index is 489. The summed E-state index contributed by atoms with van der Waals surface area (Å²) in [5.41, 5.74) is 0. The van der Waals surface area contributed by atoms with Crippen molar-refractivity contribution in [3.8, 4) is 0 Å². The Morgan fingerprint density at radius 2 is 0.714 bits per heavy atom. The molecule has 66 valence electrons. The van der Waals surface area contributed by atoms with Gasteiger partial charge in [0.1, 0.15) is 0 Å². The summed E-state index contributed by atoms with van der Waals surface area (Å²) in [7, 11) is 0. The van der Waals surface area contributed by atoms with Gasteiger partial charge in [0, 0.05) is 0 Å². The maximum Gasteiger partial charge on any atom is -0.0178 e. The van der Waals surface area contributed by atoms with Gasteiger partial charge in [0.05, 0.1) is 0 Å². The minimum atomic E-state index is 1.31. The molecular formula is C14H10. The molecule has 0 fully saturated rings. The molecule has 3 rings (SSSR count). The average Bonchev–Trinajstić information content (AvgIpc) is 2.26. The molecular weight excluding hydrogens is 174 g/mol. The van der Waals surface area contributed by atoms with E-state index in [4.69, 9.17) is 0 Å². The topological polar surface area (TPSA) is 0 Å². The summed E-state index contributed by atoms with van der Waals surface area (Å²) in [4.78, 5) is 0. The van der Waals surface area contributed by atoms with E-state index >= 15 is 0 Å². The predicted molar refractivity (Wildman–Crippen MR) is 61.5 cm³/mol. The smallest absolute Gasteiger partial charge is 0.0178 e. The fourth-order valence-electron chi connectivity index (χ4n) is 1.88. The monoisotopic (exact) mass is 184 g/mol. The average molecular weight is 184 g/mol. The molecule has 0 atom stereocenters. The standard InChI is InChI=1S/C14H10/c1-2-6-12-10-14-8-4-3-7-13(14)9-11(12)5-1/h1-10H/i1+1,2+1,5+1,6+1,9+1,11+1. The van der Waals surface area contributed by atoms with Crippen molar-refractivity contribution in [3.05, 3.63) is 60.7 Å². The molecule has 0 aliphatic rings. The van der Waals surface area contributed by atoms with Gasteiger partial charge in [0.15, 0.2) is 0 Å². The Hall–Kier alpha value is -1.82. The van der Waals surface area contributed by atoms with Crippen molar-refractivity contribution in [2.45, 2.75) is 0 Å². The van der Waals surface area contributed by atoms with E-state index in [1.165, 1.54) is 21.5 Å². The molecule has 0 heterocycles. The van der Waals surface area contributed by atoms with Crippen molar-refractivity contribution >= 4 is 21.5 Å². The molecule has 0 bridgehead atoms. The predicted octanol–water partition coefficient (Wildman–Crippen LogP) is 3.99. The summed E-state index contributed by atoms with van der Waals surface area (Å²) in [6, 6.07) is 21.4. The lowest BCUT2D eigenvalue weighted by Crippen LogP contribution is -1.74. The lowest BCUT2D eigenvalue weighted by molar-refractivity contribution is 1.76. The van der Waals surface area contributed by atoms with Crippen LogP contribution in [0.2, 0.25) is 0 Å². The van der Waals surface area contributed by atoms with Gasteiger partial charge in [-0.25, -0.2) is 0 Å². The minimum absolute atomic E-state index is 1.31. The molecule has 0 unspecified atom stereocenters. The van der Waals surface area contributed by atoms with Gasteiger partial charge in [-0.15, -0.1) is 0 Å². The zero-order valence-corrected chi connectivity index (χ0v) is 7.77. The summed E-state index contributed by atoms with van der Waals surface area (Å²) >= 11 is 0. The van der Waals surface area contributed by atoms with E-state index < -0.39 is 0 Å². The summed E-state index contributed by atoms with van der Waals surface area (Å²) in [6.45, 7) is 0. The largest absolute Gasteiger partial charge is 0.0616 e. The van der Waals surface area contributed by atoms with Gasteiger partial charge in [0.2, 0.25) is 0 Å². The molecule has 0 saturated heterocycles. The fourth-order valence-corrected chi connectivity index (χ4v) is 1.88. The number of hydrogen-bond acceptors (Lipinski definition) is 0. The van der Waals surface area contributed by atoms with Crippen LogP contribution in [0, 0.1) is 0 Å². The van der Waals surface area contributed by atoms with Crippen LogP contribution in [0.25, 0.3) is 21.5 Å². The van der Waals surface area contributed by atoms with Crippen molar-refractivity contribution < 1.29 is 0 Å². The Morgan fingerprint density at radius 1 is 0.429 bits per heavy atom. The Balaban J connectivity index is 2.52. The minimum Gasteiger partial charge on any atom is -0.0616 e. The van der Waals surface area contributed by atoms with Crippen molar-refractivity contribution in [3.63, 3.8) is 0 Å². The number of benzene rings is 3. The zero-order valence-electron chi connectivity index (χ0n) is 7.77. The van der Waals surface area contributed by atoms with Gasteiger partial charge in [-0.3, -0.25) is 0 Å². The lowest BCUT2D eigenvalue weighted by Gasteiger charge is -2.00. The molecule has 3 aromatic carbocycles. The first kappa shape index (κ1) is 7.57. The first-order valence-electron chi connectivity index (χ1n) is 4.81. The molecule has 0 heteroatoms. The maximum atomic E-state index is 2.24. The normalized spacial score (nSPS) is 10.9. The first-order valence-corrected chi connectivity index (χ1v) is 4.81. The van der Waals surface area contributed by atoms with Crippen LogP contribution in [-0.2, 0) is 0 Å². The highest BCUT2D eigenvalue weighted by Crippen LogP contribution is 2.21. The third-order valence-electron chi connectivity index (χ3n) is 2.61. The zero-order chi connectivity index (χ0) is 9.38. The molecule has 3 aromatic rings. The fraction of sp³-hybridized carbons (Fsp3) is 0. The van der Waals surface area contributed by atoms with Crippen molar-refractivity contribution in [2.75, 3.05) is 0 Å². The van der Waals surface area contributed by atoms with E-state index in [1.807, 2.05) is 0 Å². The molecule has 0 aliphatic heterocycles.